The molecule has 0 fully saturated rings. The molecule has 2 rings (SSSR count). The summed E-state index contributed by atoms with van der Waals surface area (Å²) in [4.78, 5) is 11.5. The number of benzene rings is 2. The third-order valence-electron chi connectivity index (χ3n) is 3.23. The van der Waals surface area contributed by atoms with E-state index in [2.05, 4.69) is 0 Å². The van der Waals surface area contributed by atoms with Gasteiger partial charge in [0.15, 0.2) is 5.78 Å². The van der Waals surface area contributed by atoms with Crippen molar-refractivity contribution in [1.29, 1.82) is 0 Å². The van der Waals surface area contributed by atoms with E-state index in [0.29, 0.717) is 11.3 Å². The molecule has 6 heteroatoms. The zero-order valence-corrected chi connectivity index (χ0v) is 13.1. The summed E-state index contributed by atoms with van der Waals surface area (Å²) in [5.41, 5.74) is 0.702. The molecule has 0 aliphatic rings. The molecule has 0 saturated carbocycles. The van der Waals surface area contributed by atoms with E-state index in [1.165, 1.54) is 53.7 Å². The minimum Gasteiger partial charge on any atom is -0.295 e. The number of hydrogen-bond acceptors (Lipinski definition) is 3. The van der Waals surface area contributed by atoms with E-state index in [9.17, 15) is 17.6 Å². The lowest BCUT2D eigenvalue weighted by molar-refractivity contribution is 0.101. The van der Waals surface area contributed by atoms with Crippen LogP contribution in [-0.2, 0) is 10.0 Å². The molecule has 0 atom stereocenters. The minimum atomic E-state index is -3.81. The van der Waals surface area contributed by atoms with Gasteiger partial charge in [0.2, 0.25) is 0 Å². The molecule has 0 radical (unpaired) electrons. The van der Waals surface area contributed by atoms with Gasteiger partial charge in [-0.2, -0.15) is 0 Å². The number of rotatable bonds is 5. The monoisotopic (exact) mass is 321 g/mol. The van der Waals surface area contributed by atoms with Crippen molar-refractivity contribution < 1.29 is 17.6 Å². The van der Waals surface area contributed by atoms with Crippen LogP contribution < -0.4 is 4.31 Å². The van der Waals surface area contributed by atoms with Crippen molar-refractivity contribution in [3.8, 4) is 0 Å². The average Bonchev–Trinajstić information content (AvgIpc) is 2.50. The Kier molecular flexibility index (Phi) is 4.61. The minimum absolute atomic E-state index is 0.0337. The summed E-state index contributed by atoms with van der Waals surface area (Å²) < 4.78 is 39.7. The Morgan fingerprint density at radius 3 is 2.32 bits per heavy atom. The molecule has 2 aromatic rings. The van der Waals surface area contributed by atoms with Crippen molar-refractivity contribution in [3.63, 3.8) is 0 Å². The Balaban J connectivity index is 2.49. The summed E-state index contributed by atoms with van der Waals surface area (Å²) in [6, 6.07) is 11.1. The molecular weight excluding hydrogens is 305 g/mol. The summed E-state index contributed by atoms with van der Waals surface area (Å²) >= 11 is 0. The van der Waals surface area contributed by atoms with Gasteiger partial charge in [-0.05, 0) is 50.2 Å². The lowest BCUT2D eigenvalue weighted by Gasteiger charge is -2.23. The van der Waals surface area contributed by atoms with Crippen LogP contribution in [0.15, 0.2) is 53.4 Å². The van der Waals surface area contributed by atoms with Crippen LogP contribution in [0.2, 0.25) is 0 Å². The second-order valence-corrected chi connectivity index (χ2v) is 6.59. The molecule has 2 aromatic carbocycles. The van der Waals surface area contributed by atoms with Gasteiger partial charge in [-0.25, -0.2) is 12.8 Å². The number of Topliss-reactive ketones (excluding diaryl/α,β-unsaturated/α-hetero) is 1. The first-order chi connectivity index (χ1) is 10.4. The molecule has 0 spiro atoms. The maximum atomic E-state index is 13.0. The van der Waals surface area contributed by atoms with E-state index in [0.717, 1.165) is 0 Å². The first-order valence-corrected chi connectivity index (χ1v) is 8.19. The van der Waals surface area contributed by atoms with E-state index in [1.807, 2.05) is 0 Å². The number of ketones is 1. The smallest absolute Gasteiger partial charge is 0.264 e. The maximum absolute atomic E-state index is 13.0. The number of anilines is 1. The van der Waals surface area contributed by atoms with Crippen molar-refractivity contribution in [1.82, 2.24) is 0 Å². The van der Waals surface area contributed by atoms with Gasteiger partial charge in [-0.15, -0.1) is 0 Å². The lowest BCUT2D eigenvalue weighted by Crippen LogP contribution is -2.30. The van der Waals surface area contributed by atoms with Crippen molar-refractivity contribution in [2.45, 2.75) is 18.7 Å². The normalized spacial score (nSPS) is 11.2. The molecule has 22 heavy (non-hydrogen) atoms. The van der Waals surface area contributed by atoms with Crippen molar-refractivity contribution in [3.05, 3.63) is 59.9 Å². The second kappa shape index (κ2) is 6.27. The maximum Gasteiger partial charge on any atom is 0.264 e. The van der Waals surface area contributed by atoms with E-state index in [4.69, 9.17) is 0 Å². The molecule has 0 heterocycles. The highest BCUT2D eigenvalue weighted by atomic mass is 32.2. The van der Waals surface area contributed by atoms with Gasteiger partial charge < -0.3 is 0 Å². The fourth-order valence-electron chi connectivity index (χ4n) is 2.10. The Labute approximate surface area is 129 Å². The molecular formula is C16H16FNO3S. The van der Waals surface area contributed by atoms with Crippen LogP contribution in [0.4, 0.5) is 10.1 Å². The zero-order valence-electron chi connectivity index (χ0n) is 12.3. The van der Waals surface area contributed by atoms with Gasteiger partial charge in [0.05, 0.1) is 10.6 Å². The number of halogens is 1. The standard InChI is InChI=1S/C16H16FNO3S/c1-3-18(15-9-7-14(17)8-10-15)22(20,21)16-6-4-5-13(11-16)12(2)19/h4-11H,3H2,1-2H3. The zero-order chi connectivity index (χ0) is 16.3. The summed E-state index contributed by atoms with van der Waals surface area (Å²) in [6.07, 6.45) is 0. The van der Waals surface area contributed by atoms with E-state index in [-0.39, 0.29) is 17.2 Å². The van der Waals surface area contributed by atoms with Gasteiger partial charge in [0, 0.05) is 12.1 Å². The quantitative estimate of drug-likeness (QED) is 0.794. The fourth-order valence-corrected chi connectivity index (χ4v) is 3.62. The van der Waals surface area contributed by atoms with Gasteiger partial charge in [-0.3, -0.25) is 9.10 Å². The summed E-state index contributed by atoms with van der Waals surface area (Å²) in [5, 5.41) is 0. The molecule has 0 aromatic heterocycles. The van der Waals surface area contributed by atoms with Gasteiger partial charge >= 0.3 is 0 Å². The van der Waals surface area contributed by atoms with E-state index >= 15 is 0 Å². The van der Waals surface area contributed by atoms with Crippen molar-refractivity contribution in [2.75, 3.05) is 10.8 Å². The molecule has 0 amide bonds. The largest absolute Gasteiger partial charge is 0.295 e. The molecule has 116 valence electrons. The van der Waals surface area contributed by atoms with Crippen LogP contribution in [0.25, 0.3) is 0 Å². The van der Waals surface area contributed by atoms with E-state index in [1.54, 1.807) is 13.0 Å². The molecule has 0 N–H and O–H groups in total. The molecule has 0 aliphatic heterocycles. The molecule has 0 bridgehead atoms. The van der Waals surface area contributed by atoms with Gasteiger partial charge in [-0.1, -0.05) is 12.1 Å². The highest BCUT2D eigenvalue weighted by Crippen LogP contribution is 2.24. The van der Waals surface area contributed by atoms with Gasteiger partial charge in [0.1, 0.15) is 5.82 Å². The first kappa shape index (κ1) is 16.2. The lowest BCUT2D eigenvalue weighted by atomic mass is 10.2. The number of carbonyl (C=O) groups excluding carboxylic acids is 1. The van der Waals surface area contributed by atoms with E-state index < -0.39 is 15.8 Å². The van der Waals surface area contributed by atoms with Crippen LogP contribution in [0.5, 0.6) is 0 Å². The van der Waals surface area contributed by atoms with Crippen molar-refractivity contribution >= 4 is 21.5 Å². The molecule has 0 aliphatic carbocycles. The topological polar surface area (TPSA) is 54.5 Å². The fraction of sp³-hybridized carbons (Fsp3) is 0.188. The average molecular weight is 321 g/mol. The number of carbonyl (C=O) groups is 1. The van der Waals surface area contributed by atoms with Gasteiger partial charge in [0.25, 0.3) is 10.0 Å². The summed E-state index contributed by atoms with van der Waals surface area (Å²) in [6.45, 7) is 3.26. The van der Waals surface area contributed by atoms with Crippen LogP contribution in [0.3, 0.4) is 0 Å². The Bertz CT molecular complexity index is 785. The first-order valence-electron chi connectivity index (χ1n) is 6.75. The summed E-state index contributed by atoms with van der Waals surface area (Å²) in [7, 11) is -3.81. The Hall–Kier alpha value is -2.21. The van der Waals surface area contributed by atoms with Crippen LogP contribution in [-0.4, -0.2) is 20.7 Å². The highest BCUT2D eigenvalue weighted by molar-refractivity contribution is 7.92. The number of nitrogens with zero attached hydrogens (tertiary/aromatic N) is 1. The van der Waals surface area contributed by atoms with Crippen molar-refractivity contribution in [2.24, 2.45) is 0 Å². The van der Waals surface area contributed by atoms with Crippen LogP contribution in [0.1, 0.15) is 24.2 Å². The number of sulfonamides is 1. The SMILES string of the molecule is CCN(c1ccc(F)cc1)S(=O)(=O)c1cccc(C(C)=O)c1. The Morgan fingerprint density at radius 2 is 1.77 bits per heavy atom. The highest BCUT2D eigenvalue weighted by Gasteiger charge is 2.24. The van der Waals surface area contributed by atoms with Crippen LogP contribution in [0, 0.1) is 5.82 Å². The third-order valence-corrected chi connectivity index (χ3v) is 5.13. The Morgan fingerprint density at radius 1 is 1.14 bits per heavy atom. The van der Waals surface area contributed by atoms with Crippen LogP contribution >= 0.6 is 0 Å². The molecule has 4 nitrogen and oxygen atoms in total. The predicted octanol–water partition coefficient (Wildman–Crippen LogP) is 3.24. The number of hydrogen-bond donors (Lipinski definition) is 0. The molecule has 0 saturated heterocycles. The molecule has 0 unspecified atom stereocenters. The predicted molar refractivity (Wildman–Crippen MR) is 83.1 cm³/mol. The second-order valence-electron chi connectivity index (χ2n) is 4.73. The third kappa shape index (κ3) is 3.17. The summed E-state index contributed by atoms with van der Waals surface area (Å²) in [5.74, 6) is -0.641.